The van der Waals surface area contributed by atoms with E-state index >= 15 is 0 Å². The van der Waals surface area contributed by atoms with Gasteiger partial charge >= 0.3 is 0 Å². The maximum Gasteiger partial charge on any atom is 0.0700 e. The third-order valence-electron chi connectivity index (χ3n) is 6.24. The Morgan fingerprint density at radius 2 is 1.20 bits per heavy atom. The molecule has 2 aliphatic heterocycles. The summed E-state index contributed by atoms with van der Waals surface area (Å²) >= 11 is 0. The molecule has 0 aromatic carbocycles. The molecule has 0 spiro atoms. The smallest absolute Gasteiger partial charge is 0.0700 e. The average Bonchev–Trinajstić information content (AvgIpc) is 3.63. The summed E-state index contributed by atoms with van der Waals surface area (Å²) in [5.41, 5.74) is 3.37. The zero-order valence-corrected chi connectivity index (χ0v) is 34.2. The first kappa shape index (κ1) is 53.2. The largest absolute Gasteiger partial charge is 0.438 e. The van der Waals surface area contributed by atoms with Crippen molar-refractivity contribution in [3.8, 4) is 0 Å². The number of aryl methyl sites for hydroxylation is 4. The number of pyridine rings is 3. The molecule has 236 valence electrons. The molecule has 0 atom stereocenters. The first-order valence-electron chi connectivity index (χ1n) is 13.0. The maximum atomic E-state index is 12.1. The number of carbonyl (C=O) groups excluding carboxylic acids is 2. The van der Waals surface area contributed by atoms with E-state index in [9.17, 15) is 19.2 Å². The molecule has 0 amide bonds. The summed E-state index contributed by atoms with van der Waals surface area (Å²) < 4.78 is 3.92. The predicted molar refractivity (Wildman–Crippen MR) is 164 cm³/mol. The Morgan fingerprint density at radius 1 is 0.756 bits per heavy atom. The maximum absolute atomic E-state index is 12.1. The van der Waals surface area contributed by atoms with Crippen LogP contribution in [0.5, 0.6) is 0 Å². The third-order valence-corrected chi connectivity index (χ3v) is 6.24. The molecule has 15 heteroatoms. The monoisotopic (exact) mass is 1020 g/mol. The summed E-state index contributed by atoms with van der Waals surface area (Å²) in [4.78, 5) is 58.1. The summed E-state index contributed by atoms with van der Waals surface area (Å²) in [7, 11) is 0. The predicted octanol–water partition coefficient (Wildman–Crippen LogP) is 3.13. The molecule has 0 aliphatic carbocycles. The number of fused-ring (bicyclic) bond motifs is 6. The second-order valence-electron chi connectivity index (χ2n) is 8.37. The molecular formula is C30H35B2N5O4V2W2-4. The van der Waals surface area contributed by atoms with Crippen LogP contribution in [0.2, 0.25) is 0 Å². The minimum absolute atomic E-state index is 0. The summed E-state index contributed by atoms with van der Waals surface area (Å²) in [6.07, 6.45) is 12.3. The van der Waals surface area contributed by atoms with Gasteiger partial charge in [0.2, 0.25) is 0 Å². The average molecular weight is 1020 g/mol. The van der Waals surface area contributed by atoms with Gasteiger partial charge in [-0.15, -0.1) is 6.07 Å². The molecule has 4 aromatic heterocycles. The van der Waals surface area contributed by atoms with Crippen LogP contribution < -0.4 is 10.9 Å². The second-order valence-corrected chi connectivity index (χ2v) is 8.37. The Bertz CT molecular complexity index is 1530. The quantitative estimate of drug-likeness (QED) is 0.224. The molecule has 0 saturated heterocycles. The number of rotatable bonds is 2. The van der Waals surface area contributed by atoms with E-state index < -0.39 is 0 Å². The topological polar surface area (TPSA) is 117 Å². The van der Waals surface area contributed by atoms with Crippen molar-refractivity contribution in [3.05, 3.63) is 72.9 Å². The fraction of sp³-hybridized carbons (Fsp3) is 0.433. The van der Waals surface area contributed by atoms with Crippen LogP contribution in [-0.2, 0) is 115 Å². The van der Waals surface area contributed by atoms with Gasteiger partial charge in [-0.25, -0.2) is 0 Å². The molecule has 6 rings (SSSR count). The SMILES string of the molecule is C.CC.CC.Cc1cc2c([c-]n1)c(=O)c([C-]=O)c1n2CCC1.Cc1n[c-]c2c(=O)c([C-]=O)c3n(c2n1)CCC3.[B].[B].[V].[V].[W].[W]. The summed E-state index contributed by atoms with van der Waals surface area (Å²) in [5, 5.41) is 0.666. The second kappa shape index (κ2) is 24.8. The van der Waals surface area contributed by atoms with Crippen molar-refractivity contribution in [1.82, 2.24) is 24.1 Å². The van der Waals surface area contributed by atoms with Crippen molar-refractivity contribution in [2.24, 2.45) is 0 Å². The first-order valence-corrected chi connectivity index (χ1v) is 13.0. The number of hydrogen-bond acceptors (Lipinski definition) is 7. The van der Waals surface area contributed by atoms with Crippen molar-refractivity contribution in [2.75, 3.05) is 0 Å². The van der Waals surface area contributed by atoms with Crippen LogP contribution in [0.1, 0.15) is 82.0 Å². The third kappa shape index (κ3) is 10.8. The van der Waals surface area contributed by atoms with Gasteiger partial charge in [-0.05, 0) is 37.9 Å². The number of hydrogen-bond donors (Lipinski definition) is 0. The number of nitrogens with zero attached hydrogens (tertiary/aromatic N) is 5. The van der Waals surface area contributed by atoms with Crippen molar-refractivity contribution < 1.29 is 88.8 Å². The van der Waals surface area contributed by atoms with E-state index in [1.54, 1.807) is 19.5 Å². The molecule has 0 fully saturated rings. The van der Waals surface area contributed by atoms with Gasteiger partial charge in [-0.3, -0.25) is 0 Å². The van der Waals surface area contributed by atoms with Gasteiger partial charge in [0.25, 0.3) is 0 Å². The van der Waals surface area contributed by atoms with Crippen molar-refractivity contribution in [2.45, 2.75) is 87.7 Å². The molecule has 0 N–H and O–H groups in total. The van der Waals surface area contributed by atoms with Crippen LogP contribution in [0.25, 0.3) is 21.9 Å². The van der Waals surface area contributed by atoms with Gasteiger partial charge in [-0.1, -0.05) is 93.7 Å². The Kier molecular flexibility index (Phi) is 29.3. The van der Waals surface area contributed by atoms with Crippen LogP contribution in [0, 0.1) is 26.2 Å². The summed E-state index contributed by atoms with van der Waals surface area (Å²) in [6, 6.07) is 1.87. The molecule has 0 unspecified atom stereocenters. The fourth-order valence-corrected chi connectivity index (χ4v) is 4.74. The molecule has 2 aliphatic rings. The fourth-order valence-electron chi connectivity index (χ4n) is 4.74. The minimum atomic E-state index is -0.358. The van der Waals surface area contributed by atoms with Crippen LogP contribution in [0.3, 0.4) is 0 Å². The molecule has 45 heavy (non-hydrogen) atoms. The van der Waals surface area contributed by atoms with Crippen LogP contribution in [-0.4, -0.2) is 53.5 Å². The van der Waals surface area contributed by atoms with Crippen molar-refractivity contribution in [3.63, 3.8) is 0 Å². The van der Waals surface area contributed by atoms with Crippen LogP contribution >= 0.6 is 0 Å². The van der Waals surface area contributed by atoms with E-state index in [-0.39, 0.29) is 131 Å². The molecular weight excluding hydrogens is 986 g/mol. The number of aromatic nitrogens is 5. The van der Waals surface area contributed by atoms with E-state index in [1.165, 1.54) is 0 Å². The first-order chi connectivity index (χ1) is 18.4. The van der Waals surface area contributed by atoms with E-state index in [4.69, 9.17) is 0 Å². The Labute approximate surface area is 322 Å². The molecule has 0 saturated carbocycles. The van der Waals surface area contributed by atoms with E-state index in [2.05, 4.69) is 27.3 Å². The van der Waals surface area contributed by atoms with Crippen LogP contribution in [0.4, 0.5) is 0 Å². The van der Waals surface area contributed by atoms with Crippen molar-refractivity contribution >= 4 is 51.3 Å². The zero-order valence-electron chi connectivity index (χ0n) is 25.6. The van der Waals surface area contributed by atoms with E-state index in [0.717, 1.165) is 61.4 Å². The Morgan fingerprint density at radius 3 is 1.71 bits per heavy atom. The minimum Gasteiger partial charge on any atom is -0.438 e. The van der Waals surface area contributed by atoms with E-state index in [0.29, 0.717) is 16.9 Å². The molecule has 0 bridgehead atoms. The van der Waals surface area contributed by atoms with E-state index in [1.807, 2.05) is 49.8 Å². The van der Waals surface area contributed by atoms with Gasteiger partial charge in [0.1, 0.15) is 0 Å². The molecule has 6 heterocycles. The molecule has 4 aromatic rings. The normalized spacial score (nSPS) is 10.8. The molecule has 8 radical (unpaired) electrons. The summed E-state index contributed by atoms with van der Waals surface area (Å²) in [6.45, 7) is 13.2. The summed E-state index contributed by atoms with van der Waals surface area (Å²) in [5.74, 6) is 0.571. The Hall–Kier alpha value is -1.33. The molecule has 9 nitrogen and oxygen atoms in total. The van der Waals surface area contributed by atoms with Gasteiger partial charge < -0.3 is 43.3 Å². The van der Waals surface area contributed by atoms with Gasteiger partial charge in [0.15, 0.2) is 0 Å². The Balaban J connectivity index is -0.000000187. The van der Waals surface area contributed by atoms with Gasteiger partial charge in [0, 0.05) is 121 Å². The van der Waals surface area contributed by atoms with Gasteiger partial charge in [0.05, 0.1) is 23.4 Å². The standard InChI is InChI=1S/C13H10N2O2.C12H9N3O2.2C2H6.CH4.2B.2V.2W/c1-8-5-12-9(6-14-8)13(17)10(7-16)11-3-2-4-15(11)12;1-7-13-5-8-11(17)9(6-16)10-3-2-4-15(10)12(8)14-7;2*1-2;;;;;;;/h5H,2-4H2,1H3;2-4H2,1H3;2*1-2H3;1H4;;;;;;/q2*-2;;;;;;;;;. The van der Waals surface area contributed by atoms with Crippen LogP contribution in [0.15, 0.2) is 15.7 Å². The zero-order chi connectivity index (χ0) is 28.0. The van der Waals surface area contributed by atoms with Gasteiger partial charge in [-0.2, -0.15) is 0 Å². The van der Waals surface area contributed by atoms with Crippen molar-refractivity contribution in [1.29, 1.82) is 0 Å².